The Morgan fingerprint density at radius 2 is 1.58 bits per heavy atom. The van der Waals surface area contributed by atoms with Crippen molar-refractivity contribution >= 4 is 17.9 Å². The number of amides is 3. The number of aliphatic carboxylic acids is 1. The van der Waals surface area contributed by atoms with Gasteiger partial charge in [-0.2, -0.15) is 0 Å². The first-order chi connectivity index (χ1) is 12.5. The molecule has 4 N–H and O–H groups in total. The van der Waals surface area contributed by atoms with Gasteiger partial charge in [0.05, 0.1) is 5.41 Å². The van der Waals surface area contributed by atoms with E-state index < -0.39 is 11.4 Å². The van der Waals surface area contributed by atoms with Crippen LogP contribution in [0.25, 0.3) is 0 Å². The first-order valence-electron chi connectivity index (χ1n) is 10.1. The van der Waals surface area contributed by atoms with Crippen molar-refractivity contribution in [1.29, 1.82) is 0 Å². The minimum atomic E-state index is -0.807. The third-order valence-electron chi connectivity index (χ3n) is 5.69. The van der Waals surface area contributed by atoms with Crippen LogP contribution < -0.4 is 16.0 Å². The van der Waals surface area contributed by atoms with Gasteiger partial charge in [0, 0.05) is 25.6 Å². The van der Waals surface area contributed by atoms with Crippen LogP contribution in [0, 0.1) is 5.41 Å². The maximum Gasteiger partial charge on any atom is 0.315 e. The third kappa shape index (κ3) is 6.50. The van der Waals surface area contributed by atoms with Crippen molar-refractivity contribution in [3.05, 3.63) is 0 Å². The molecule has 0 heterocycles. The summed E-state index contributed by atoms with van der Waals surface area (Å²) in [5.74, 6) is -0.954. The Labute approximate surface area is 155 Å². The highest BCUT2D eigenvalue weighted by Gasteiger charge is 2.39. The topological polar surface area (TPSA) is 108 Å². The summed E-state index contributed by atoms with van der Waals surface area (Å²) in [4.78, 5) is 35.4. The highest BCUT2D eigenvalue weighted by atomic mass is 16.4. The van der Waals surface area contributed by atoms with E-state index in [1.807, 2.05) is 0 Å². The van der Waals surface area contributed by atoms with Gasteiger partial charge in [-0.25, -0.2) is 4.79 Å². The van der Waals surface area contributed by atoms with E-state index in [1.54, 1.807) is 0 Å². The van der Waals surface area contributed by atoms with E-state index in [1.165, 1.54) is 19.3 Å². The lowest BCUT2D eigenvalue weighted by molar-refractivity contribution is -0.151. The van der Waals surface area contributed by atoms with Crippen LogP contribution in [-0.4, -0.2) is 42.1 Å². The largest absolute Gasteiger partial charge is 0.481 e. The van der Waals surface area contributed by atoms with Crippen molar-refractivity contribution < 1.29 is 19.5 Å². The van der Waals surface area contributed by atoms with Gasteiger partial charge in [0.1, 0.15) is 0 Å². The number of hydrogen-bond acceptors (Lipinski definition) is 3. The predicted molar refractivity (Wildman–Crippen MR) is 98.8 cm³/mol. The molecule has 0 bridgehead atoms. The second kappa shape index (κ2) is 10.4. The summed E-state index contributed by atoms with van der Waals surface area (Å²) in [6.45, 7) is 0.646. The molecule has 0 aromatic rings. The van der Waals surface area contributed by atoms with Crippen LogP contribution in [-0.2, 0) is 9.59 Å². The van der Waals surface area contributed by atoms with Gasteiger partial charge in [0.2, 0.25) is 5.91 Å². The molecule has 7 heteroatoms. The summed E-state index contributed by atoms with van der Waals surface area (Å²) in [5.41, 5.74) is -0.800. The van der Waals surface area contributed by atoms with Crippen molar-refractivity contribution in [3.63, 3.8) is 0 Å². The molecule has 0 spiro atoms. The zero-order valence-electron chi connectivity index (χ0n) is 15.6. The number of rotatable bonds is 8. The van der Waals surface area contributed by atoms with Gasteiger partial charge in [-0.1, -0.05) is 38.5 Å². The highest BCUT2D eigenvalue weighted by Crippen LogP contribution is 2.36. The van der Waals surface area contributed by atoms with Crippen LogP contribution in [0.4, 0.5) is 4.79 Å². The predicted octanol–water partition coefficient (Wildman–Crippen LogP) is 2.55. The molecular weight excluding hydrogens is 334 g/mol. The summed E-state index contributed by atoms with van der Waals surface area (Å²) in [6, 6.07) is 0.110. The van der Waals surface area contributed by atoms with Crippen molar-refractivity contribution in [2.45, 2.75) is 83.1 Å². The fourth-order valence-electron chi connectivity index (χ4n) is 3.99. The smallest absolute Gasteiger partial charge is 0.315 e. The number of hydrogen-bond donors (Lipinski definition) is 4. The van der Waals surface area contributed by atoms with Gasteiger partial charge in [0.25, 0.3) is 0 Å². The van der Waals surface area contributed by atoms with Gasteiger partial charge < -0.3 is 21.1 Å². The zero-order valence-corrected chi connectivity index (χ0v) is 15.6. The average molecular weight is 367 g/mol. The van der Waals surface area contributed by atoms with Crippen molar-refractivity contribution in [2.75, 3.05) is 13.1 Å². The van der Waals surface area contributed by atoms with Crippen LogP contribution in [0.5, 0.6) is 0 Å². The van der Waals surface area contributed by atoms with Crippen molar-refractivity contribution in [1.82, 2.24) is 16.0 Å². The summed E-state index contributed by atoms with van der Waals surface area (Å²) in [5, 5.41) is 18.1. The Morgan fingerprint density at radius 3 is 2.23 bits per heavy atom. The van der Waals surface area contributed by atoms with E-state index >= 15 is 0 Å². The first-order valence-corrected chi connectivity index (χ1v) is 10.1. The molecule has 2 rings (SSSR count). The molecule has 0 aliphatic heterocycles. The maximum absolute atomic E-state index is 12.0. The maximum atomic E-state index is 12.0. The fourth-order valence-corrected chi connectivity index (χ4v) is 3.99. The summed E-state index contributed by atoms with van der Waals surface area (Å²) >= 11 is 0. The lowest BCUT2D eigenvalue weighted by Gasteiger charge is -2.33. The number of carbonyl (C=O) groups excluding carboxylic acids is 2. The Hall–Kier alpha value is -1.79. The SMILES string of the molecule is O=C(CCCNC(=O)NC1CCCCC1)NCC1(C(=O)O)CCCCC1. The lowest BCUT2D eigenvalue weighted by atomic mass is 9.74. The Balaban J connectivity index is 1.58. The van der Waals surface area contributed by atoms with Crippen molar-refractivity contribution in [3.8, 4) is 0 Å². The molecule has 2 saturated carbocycles. The van der Waals surface area contributed by atoms with Crippen LogP contribution in [0.15, 0.2) is 0 Å². The van der Waals surface area contributed by atoms with Gasteiger partial charge >= 0.3 is 12.0 Å². The van der Waals surface area contributed by atoms with Gasteiger partial charge in [0.15, 0.2) is 0 Å². The average Bonchev–Trinajstić information content (AvgIpc) is 2.65. The molecule has 0 radical (unpaired) electrons. The molecule has 0 saturated heterocycles. The quantitative estimate of drug-likeness (QED) is 0.494. The van der Waals surface area contributed by atoms with E-state index in [0.29, 0.717) is 32.2 Å². The molecule has 2 aliphatic rings. The van der Waals surface area contributed by atoms with Crippen LogP contribution >= 0.6 is 0 Å². The molecule has 0 aromatic carbocycles. The molecule has 2 fully saturated rings. The van der Waals surface area contributed by atoms with Crippen molar-refractivity contribution in [2.24, 2.45) is 5.41 Å². The number of urea groups is 1. The van der Waals surface area contributed by atoms with E-state index in [9.17, 15) is 19.5 Å². The lowest BCUT2D eigenvalue weighted by Crippen LogP contribution is -2.44. The third-order valence-corrected chi connectivity index (χ3v) is 5.69. The van der Waals surface area contributed by atoms with E-state index in [4.69, 9.17) is 0 Å². The Bertz CT molecular complexity index is 483. The second-order valence-corrected chi connectivity index (χ2v) is 7.76. The number of carboxylic acid groups (broad SMARTS) is 1. The second-order valence-electron chi connectivity index (χ2n) is 7.76. The van der Waals surface area contributed by atoms with Gasteiger partial charge in [-0.3, -0.25) is 9.59 Å². The highest BCUT2D eigenvalue weighted by molar-refractivity contribution is 5.79. The molecule has 2 aliphatic carbocycles. The normalized spacial score (nSPS) is 20.2. The minimum absolute atomic E-state index is 0.148. The Morgan fingerprint density at radius 1 is 0.923 bits per heavy atom. The van der Waals surface area contributed by atoms with E-state index in [-0.39, 0.29) is 24.5 Å². The molecule has 7 nitrogen and oxygen atoms in total. The van der Waals surface area contributed by atoms with Gasteiger partial charge in [-0.15, -0.1) is 0 Å². The molecule has 3 amide bonds. The standard InChI is InChI=1S/C19H33N3O4/c23-16(21-14-19(17(24)25)11-5-2-6-12-19)10-7-13-20-18(26)22-15-8-3-1-4-9-15/h15H,1-14H2,(H,21,23)(H,24,25)(H2,20,22,26). The Kier molecular flexibility index (Phi) is 8.19. The zero-order chi connectivity index (χ0) is 18.8. The fraction of sp³-hybridized carbons (Fsp3) is 0.842. The molecular formula is C19H33N3O4. The molecule has 0 unspecified atom stereocenters. The van der Waals surface area contributed by atoms with Crippen LogP contribution in [0.3, 0.4) is 0 Å². The van der Waals surface area contributed by atoms with E-state index in [2.05, 4.69) is 16.0 Å². The summed E-state index contributed by atoms with van der Waals surface area (Å²) in [7, 11) is 0. The number of nitrogens with one attached hydrogen (secondary N) is 3. The number of carboxylic acids is 1. The first kappa shape index (κ1) is 20.5. The monoisotopic (exact) mass is 367 g/mol. The molecule has 0 aromatic heterocycles. The number of carbonyl (C=O) groups is 3. The van der Waals surface area contributed by atoms with E-state index in [0.717, 1.165) is 32.1 Å². The van der Waals surface area contributed by atoms with Crippen LogP contribution in [0.1, 0.15) is 77.0 Å². The molecule has 148 valence electrons. The minimum Gasteiger partial charge on any atom is -0.481 e. The summed E-state index contributed by atoms with van der Waals surface area (Å²) < 4.78 is 0. The summed E-state index contributed by atoms with van der Waals surface area (Å²) in [6.07, 6.45) is 10.6. The molecule has 0 atom stereocenters. The van der Waals surface area contributed by atoms with Crippen LogP contribution in [0.2, 0.25) is 0 Å². The molecule has 26 heavy (non-hydrogen) atoms. The van der Waals surface area contributed by atoms with Gasteiger partial charge in [-0.05, 0) is 32.1 Å².